The number of aromatic nitrogens is 3. The number of fused-ring (bicyclic) bond motifs is 4. The summed E-state index contributed by atoms with van der Waals surface area (Å²) >= 11 is 7.98. The van der Waals surface area contributed by atoms with E-state index in [1.165, 1.54) is 18.7 Å². The standard InChI is InChI=1S/C21H17ClN4O4S/c1-3-31-21-23-19(28)18-12-6-4-5-7-15(12)25(11(2)27)20(26(18)24-21)13-8-16-17(9-14(13)22)30-10-29-16/h4-9,20H,3,10H2,1-2H3. The summed E-state index contributed by atoms with van der Waals surface area (Å²) in [5.41, 5.74) is 2.04. The van der Waals surface area contributed by atoms with Gasteiger partial charge in [0, 0.05) is 18.1 Å². The average Bonchev–Trinajstić information content (AvgIpc) is 3.19. The second kappa shape index (κ2) is 7.58. The number of halogens is 1. The Labute approximate surface area is 187 Å². The maximum absolute atomic E-state index is 13.1. The second-order valence-electron chi connectivity index (χ2n) is 6.93. The number of hydrogen-bond acceptors (Lipinski definition) is 7. The normalized spacial score (nSPS) is 16.1. The van der Waals surface area contributed by atoms with Crippen molar-refractivity contribution in [2.75, 3.05) is 17.4 Å². The smallest absolute Gasteiger partial charge is 0.294 e. The molecule has 10 heteroatoms. The van der Waals surface area contributed by atoms with Gasteiger partial charge in [0.05, 0.1) is 27.7 Å². The van der Waals surface area contributed by atoms with Crippen LogP contribution in [0.1, 0.15) is 25.6 Å². The molecule has 1 aromatic heterocycles. The van der Waals surface area contributed by atoms with Crippen LogP contribution in [-0.2, 0) is 4.79 Å². The number of thioether (sulfide) groups is 1. The van der Waals surface area contributed by atoms with E-state index in [0.717, 1.165) is 0 Å². The van der Waals surface area contributed by atoms with Crippen molar-refractivity contribution in [2.45, 2.75) is 25.2 Å². The van der Waals surface area contributed by atoms with Crippen LogP contribution in [-0.4, -0.2) is 28.5 Å². The topological polar surface area (TPSA) is 91.5 Å². The third-order valence-corrected chi connectivity index (χ3v) is 6.15. The van der Waals surface area contributed by atoms with E-state index in [1.54, 1.807) is 33.8 Å². The molecule has 3 aromatic rings. The Morgan fingerprint density at radius 2 is 2.06 bits per heavy atom. The zero-order valence-corrected chi connectivity index (χ0v) is 18.2. The van der Waals surface area contributed by atoms with Crippen molar-refractivity contribution in [1.29, 1.82) is 0 Å². The van der Waals surface area contributed by atoms with E-state index < -0.39 is 12.0 Å². The molecule has 1 amide bonds. The van der Waals surface area contributed by atoms with Crippen molar-refractivity contribution in [3.05, 3.63) is 47.0 Å². The van der Waals surface area contributed by atoms with Crippen LogP contribution in [0.5, 0.6) is 17.4 Å². The highest BCUT2D eigenvalue weighted by Gasteiger charge is 2.45. The number of anilines is 1. The number of nitrogens with zero attached hydrogens (tertiary/aromatic N) is 4. The lowest BCUT2D eigenvalue weighted by molar-refractivity contribution is -0.764. The summed E-state index contributed by atoms with van der Waals surface area (Å²) in [5, 5.41) is 18.4. The summed E-state index contributed by atoms with van der Waals surface area (Å²) in [5.74, 6) is 1.10. The lowest BCUT2D eigenvalue weighted by atomic mass is 10.0. The summed E-state index contributed by atoms with van der Waals surface area (Å²) in [6, 6.07) is 10.6. The first-order valence-corrected chi connectivity index (χ1v) is 11.0. The Morgan fingerprint density at radius 1 is 1.32 bits per heavy atom. The molecule has 0 saturated heterocycles. The quantitative estimate of drug-likeness (QED) is 0.442. The van der Waals surface area contributed by atoms with E-state index in [1.807, 2.05) is 19.1 Å². The highest BCUT2D eigenvalue weighted by atomic mass is 35.5. The van der Waals surface area contributed by atoms with Crippen LogP contribution < -0.4 is 24.2 Å². The van der Waals surface area contributed by atoms with Crippen molar-refractivity contribution in [1.82, 2.24) is 10.1 Å². The molecule has 0 fully saturated rings. The maximum atomic E-state index is 13.1. The minimum atomic E-state index is -0.795. The predicted molar refractivity (Wildman–Crippen MR) is 112 cm³/mol. The number of amides is 1. The SMILES string of the molecule is CCSc1nc([O-])c2[n+](n1)C(c1cc3c(cc1Cl)OCO3)N(C(C)=O)c1ccccc1-2. The Balaban J connectivity index is 1.83. The number of rotatable bonds is 3. The molecular weight excluding hydrogens is 440 g/mol. The van der Waals surface area contributed by atoms with Crippen LogP contribution in [0.2, 0.25) is 5.02 Å². The van der Waals surface area contributed by atoms with Gasteiger partial charge in [0.25, 0.3) is 17.0 Å². The highest BCUT2D eigenvalue weighted by molar-refractivity contribution is 7.99. The van der Waals surface area contributed by atoms with Crippen LogP contribution >= 0.6 is 23.4 Å². The molecule has 8 nitrogen and oxygen atoms in total. The summed E-state index contributed by atoms with van der Waals surface area (Å²) in [6.07, 6.45) is -0.795. The minimum absolute atomic E-state index is 0.0902. The molecule has 0 aliphatic carbocycles. The first-order valence-electron chi connectivity index (χ1n) is 9.61. The molecular formula is C21H17ClN4O4S. The fourth-order valence-electron chi connectivity index (χ4n) is 3.88. The van der Waals surface area contributed by atoms with Gasteiger partial charge < -0.3 is 14.6 Å². The van der Waals surface area contributed by atoms with Crippen molar-refractivity contribution in [3.63, 3.8) is 0 Å². The molecule has 2 aromatic carbocycles. The van der Waals surface area contributed by atoms with Crippen molar-refractivity contribution in [2.24, 2.45) is 0 Å². The molecule has 5 rings (SSSR count). The Morgan fingerprint density at radius 3 is 2.81 bits per heavy atom. The molecule has 0 N–H and O–H groups in total. The van der Waals surface area contributed by atoms with Gasteiger partial charge in [-0.25, -0.2) is 9.88 Å². The Kier molecular flexibility index (Phi) is 4.86. The Hall–Kier alpha value is -3.04. The Bertz CT molecular complexity index is 1220. The van der Waals surface area contributed by atoms with Crippen molar-refractivity contribution in [3.8, 4) is 28.6 Å². The number of para-hydroxylation sites is 1. The van der Waals surface area contributed by atoms with Gasteiger partial charge in [-0.05, 0) is 24.0 Å². The maximum Gasteiger partial charge on any atom is 0.294 e. The van der Waals surface area contributed by atoms with Crippen LogP contribution in [0.15, 0.2) is 41.6 Å². The van der Waals surface area contributed by atoms with Gasteiger partial charge in [-0.1, -0.05) is 47.1 Å². The van der Waals surface area contributed by atoms with Gasteiger partial charge in [-0.2, -0.15) is 0 Å². The number of ether oxygens (including phenoxy) is 2. The molecule has 158 valence electrons. The third kappa shape index (κ3) is 3.16. The van der Waals surface area contributed by atoms with Crippen molar-refractivity contribution < 1.29 is 24.1 Å². The van der Waals surface area contributed by atoms with Crippen LogP contribution in [0.4, 0.5) is 5.69 Å². The van der Waals surface area contributed by atoms with Gasteiger partial charge in [0.15, 0.2) is 11.5 Å². The molecule has 0 radical (unpaired) electrons. The number of hydrogen-bond donors (Lipinski definition) is 0. The molecule has 0 bridgehead atoms. The van der Waals surface area contributed by atoms with E-state index in [-0.39, 0.29) is 12.7 Å². The third-order valence-electron chi connectivity index (χ3n) is 5.10. The summed E-state index contributed by atoms with van der Waals surface area (Å²) < 4.78 is 12.5. The summed E-state index contributed by atoms with van der Waals surface area (Å²) in [4.78, 5) is 18.6. The minimum Gasteiger partial charge on any atom is -0.854 e. The van der Waals surface area contributed by atoms with Crippen LogP contribution in [0, 0.1) is 0 Å². The monoisotopic (exact) mass is 456 g/mol. The molecule has 1 unspecified atom stereocenters. The van der Waals surface area contributed by atoms with E-state index in [4.69, 9.17) is 21.1 Å². The zero-order valence-electron chi connectivity index (χ0n) is 16.7. The van der Waals surface area contributed by atoms with Crippen molar-refractivity contribution >= 4 is 35.0 Å². The van der Waals surface area contributed by atoms with Gasteiger partial charge in [-0.3, -0.25) is 4.79 Å². The van der Waals surface area contributed by atoms with Crippen LogP contribution in [0.3, 0.4) is 0 Å². The largest absolute Gasteiger partial charge is 0.854 e. The lowest BCUT2D eigenvalue weighted by Gasteiger charge is -2.33. The highest BCUT2D eigenvalue weighted by Crippen LogP contribution is 2.45. The second-order valence-corrected chi connectivity index (χ2v) is 8.57. The van der Waals surface area contributed by atoms with E-state index in [9.17, 15) is 9.90 Å². The number of carbonyl (C=O) groups excluding carboxylic acids is 1. The zero-order chi connectivity index (χ0) is 21.7. The molecule has 31 heavy (non-hydrogen) atoms. The average molecular weight is 457 g/mol. The first kappa shape index (κ1) is 19.9. The van der Waals surface area contributed by atoms with Gasteiger partial charge in [0.1, 0.15) is 0 Å². The lowest BCUT2D eigenvalue weighted by Crippen LogP contribution is -2.58. The molecule has 2 aliphatic rings. The predicted octanol–water partition coefficient (Wildman–Crippen LogP) is 2.91. The molecule has 2 aliphatic heterocycles. The first-order chi connectivity index (χ1) is 15.0. The molecule has 1 atom stereocenters. The van der Waals surface area contributed by atoms with E-state index >= 15 is 0 Å². The fraction of sp³-hybridized carbons (Fsp3) is 0.238. The summed E-state index contributed by atoms with van der Waals surface area (Å²) in [6.45, 7) is 3.51. The van der Waals surface area contributed by atoms with E-state index in [2.05, 4.69) is 10.1 Å². The molecule has 0 spiro atoms. The molecule has 3 heterocycles. The van der Waals surface area contributed by atoms with Crippen LogP contribution in [0.25, 0.3) is 11.3 Å². The summed E-state index contributed by atoms with van der Waals surface area (Å²) in [7, 11) is 0. The number of carbonyl (C=O) groups is 1. The van der Waals surface area contributed by atoms with Gasteiger partial charge in [0.2, 0.25) is 12.7 Å². The van der Waals surface area contributed by atoms with E-state index in [0.29, 0.717) is 49.9 Å². The fourth-order valence-corrected chi connectivity index (χ4v) is 4.68. The van der Waals surface area contributed by atoms with Gasteiger partial charge in [-0.15, -0.1) is 0 Å². The molecule has 0 saturated carbocycles. The number of benzene rings is 2. The van der Waals surface area contributed by atoms with Gasteiger partial charge >= 0.3 is 0 Å².